The smallest absolute Gasteiger partial charge is 0.243 e. The van der Waals surface area contributed by atoms with Crippen molar-refractivity contribution in [1.82, 2.24) is 10.2 Å². The van der Waals surface area contributed by atoms with Gasteiger partial charge in [0.15, 0.2) is 0 Å². The summed E-state index contributed by atoms with van der Waals surface area (Å²) in [6.45, 7) is 6.69. The number of nitrogens with zero attached hydrogens (tertiary/aromatic N) is 2. The van der Waals surface area contributed by atoms with Crippen LogP contribution < -0.4 is 9.62 Å². The molecule has 0 aliphatic carbocycles. The summed E-state index contributed by atoms with van der Waals surface area (Å²) < 4.78 is 26.4. The summed E-state index contributed by atoms with van der Waals surface area (Å²) in [5.74, 6) is -0.402. The molecule has 0 bridgehead atoms. The van der Waals surface area contributed by atoms with E-state index in [-0.39, 0.29) is 31.3 Å². The van der Waals surface area contributed by atoms with Crippen LogP contribution >= 0.6 is 0 Å². The average Bonchev–Trinajstić information content (AvgIpc) is 2.89. The number of carbonyl (C=O) groups is 2. The van der Waals surface area contributed by atoms with E-state index >= 15 is 0 Å². The predicted molar refractivity (Wildman–Crippen MR) is 157 cm³/mol. The van der Waals surface area contributed by atoms with Gasteiger partial charge in [0.2, 0.25) is 21.8 Å². The minimum absolute atomic E-state index is 0.106. The molecule has 2 amide bonds. The Morgan fingerprint density at radius 1 is 0.872 bits per heavy atom. The molecule has 3 aromatic rings. The maximum atomic E-state index is 13.8. The fraction of sp³-hybridized carbons (Fsp3) is 0.355. The van der Waals surface area contributed by atoms with Gasteiger partial charge >= 0.3 is 0 Å². The van der Waals surface area contributed by atoms with Crippen LogP contribution in [0, 0.1) is 13.8 Å². The van der Waals surface area contributed by atoms with Crippen molar-refractivity contribution >= 4 is 27.5 Å². The van der Waals surface area contributed by atoms with Crippen LogP contribution in [-0.4, -0.2) is 50.5 Å². The van der Waals surface area contributed by atoms with E-state index in [0.717, 1.165) is 22.3 Å². The van der Waals surface area contributed by atoms with E-state index < -0.39 is 16.1 Å². The maximum Gasteiger partial charge on any atom is 0.243 e. The van der Waals surface area contributed by atoms with Crippen LogP contribution in [0.1, 0.15) is 42.0 Å². The summed E-state index contributed by atoms with van der Waals surface area (Å²) >= 11 is 0. The van der Waals surface area contributed by atoms with Gasteiger partial charge in [-0.2, -0.15) is 0 Å². The monoisotopic (exact) mass is 549 g/mol. The number of rotatable bonds is 13. The van der Waals surface area contributed by atoms with Crippen molar-refractivity contribution in [2.24, 2.45) is 0 Å². The van der Waals surface area contributed by atoms with E-state index in [0.29, 0.717) is 25.1 Å². The predicted octanol–water partition coefficient (Wildman–Crippen LogP) is 4.63. The lowest BCUT2D eigenvalue weighted by molar-refractivity contribution is -0.141. The Bertz CT molecular complexity index is 1340. The second kappa shape index (κ2) is 13.9. The Morgan fingerprint density at radius 3 is 2.15 bits per heavy atom. The van der Waals surface area contributed by atoms with Gasteiger partial charge in [0.1, 0.15) is 6.04 Å². The number of sulfonamides is 1. The second-order valence-corrected chi connectivity index (χ2v) is 11.8. The number of hydrogen-bond acceptors (Lipinski definition) is 4. The summed E-state index contributed by atoms with van der Waals surface area (Å²) in [6, 6.07) is 24.1. The van der Waals surface area contributed by atoms with Crippen molar-refractivity contribution in [3.05, 3.63) is 101 Å². The van der Waals surface area contributed by atoms with Gasteiger partial charge in [0, 0.05) is 32.5 Å². The number of likely N-dealkylation sites (N-methyl/N-ethyl adjacent to an activating group) is 1. The number of benzene rings is 3. The van der Waals surface area contributed by atoms with Gasteiger partial charge in [0.25, 0.3) is 0 Å². The van der Waals surface area contributed by atoms with Crippen LogP contribution in [0.3, 0.4) is 0 Å². The van der Waals surface area contributed by atoms with Crippen molar-refractivity contribution in [2.45, 2.75) is 52.6 Å². The van der Waals surface area contributed by atoms with Crippen LogP contribution in [0.5, 0.6) is 0 Å². The lowest BCUT2D eigenvalue weighted by Gasteiger charge is -2.32. The summed E-state index contributed by atoms with van der Waals surface area (Å²) in [4.78, 5) is 28.7. The third-order valence-corrected chi connectivity index (χ3v) is 7.73. The highest BCUT2D eigenvalue weighted by atomic mass is 32.2. The van der Waals surface area contributed by atoms with Gasteiger partial charge in [-0.05, 0) is 50.5 Å². The largest absolute Gasteiger partial charge is 0.355 e. The molecule has 208 valence electrons. The molecule has 0 aliphatic heterocycles. The molecule has 1 atom stereocenters. The molecule has 0 aromatic heterocycles. The summed E-state index contributed by atoms with van der Waals surface area (Å²) in [5, 5.41) is 2.90. The second-order valence-electron chi connectivity index (χ2n) is 9.89. The molecule has 0 radical (unpaired) electrons. The van der Waals surface area contributed by atoms with Gasteiger partial charge in [0.05, 0.1) is 11.9 Å². The molecule has 1 N–H and O–H groups in total. The van der Waals surface area contributed by atoms with Crippen LogP contribution in [0.25, 0.3) is 0 Å². The number of carbonyl (C=O) groups excluding carboxylic acids is 2. The minimum atomic E-state index is -3.54. The summed E-state index contributed by atoms with van der Waals surface area (Å²) in [5.41, 5.74) is 4.56. The molecule has 0 unspecified atom stereocenters. The zero-order valence-corrected chi connectivity index (χ0v) is 24.1. The Balaban J connectivity index is 1.85. The molecule has 0 saturated carbocycles. The number of nitrogens with one attached hydrogen (secondary N) is 1. The Kier molecular flexibility index (Phi) is 10.7. The van der Waals surface area contributed by atoms with Crippen LogP contribution in [-0.2, 0) is 32.6 Å². The minimum Gasteiger partial charge on any atom is -0.355 e. The molecule has 8 heteroatoms. The molecular formula is C31H39N3O4S. The zero-order chi connectivity index (χ0) is 28.4. The highest BCUT2D eigenvalue weighted by molar-refractivity contribution is 7.92. The van der Waals surface area contributed by atoms with Crippen molar-refractivity contribution in [2.75, 3.05) is 23.7 Å². The first kappa shape index (κ1) is 29.9. The first-order valence-corrected chi connectivity index (χ1v) is 15.1. The molecule has 3 aromatic carbocycles. The van der Waals surface area contributed by atoms with E-state index in [9.17, 15) is 18.0 Å². The standard InChI is InChI=1S/C31H39N3O4S/c1-5-32-31(36)29(22-26-12-7-6-8-13-26)33(23-27-14-9-11-25(3)21-27)30(35)15-10-20-34(39(4,37)38)28-18-16-24(2)17-19-28/h6-9,11-14,16-19,21,29H,5,10,15,20,22-23H2,1-4H3,(H,32,36)/t29-/m0/s1. The molecule has 0 heterocycles. The summed E-state index contributed by atoms with van der Waals surface area (Å²) in [6.07, 6.45) is 1.97. The van der Waals surface area contributed by atoms with Crippen molar-refractivity contribution in [3.63, 3.8) is 0 Å². The number of anilines is 1. The van der Waals surface area contributed by atoms with E-state index in [1.54, 1.807) is 17.0 Å². The van der Waals surface area contributed by atoms with Gasteiger partial charge in [-0.3, -0.25) is 13.9 Å². The number of amides is 2. The lowest BCUT2D eigenvalue weighted by atomic mass is 10.0. The van der Waals surface area contributed by atoms with Crippen molar-refractivity contribution in [1.29, 1.82) is 0 Å². The van der Waals surface area contributed by atoms with Gasteiger partial charge in [-0.25, -0.2) is 8.42 Å². The Labute approximate surface area is 232 Å². The number of aryl methyl sites for hydroxylation is 2. The highest BCUT2D eigenvalue weighted by Gasteiger charge is 2.30. The van der Waals surface area contributed by atoms with Gasteiger partial charge < -0.3 is 10.2 Å². The topological polar surface area (TPSA) is 86.8 Å². The highest BCUT2D eigenvalue weighted by Crippen LogP contribution is 2.21. The normalized spacial score (nSPS) is 12.0. The van der Waals surface area contributed by atoms with E-state index in [1.807, 2.05) is 87.5 Å². The lowest BCUT2D eigenvalue weighted by Crippen LogP contribution is -2.50. The Morgan fingerprint density at radius 2 is 1.54 bits per heavy atom. The SMILES string of the molecule is CCNC(=O)[C@H](Cc1ccccc1)N(Cc1cccc(C)c1)C(=O)CCCN(c1ccc(C)cc1)S(C)(=O)=O. The van der Waals surface area contributed by atoms with E-state index in [1.165, 1.54) is 10.6 Å². The fourth-order valence-electron chi connectivity index (χ4n) is 4.57. The third kappa shape index (κ3) is 8.96. The van der Waals surface area contributed by atoms with E-state index in [2.05, 4.69) is 5.32 Å². The molecular weight excluding hydrogens is 510 g/mol. The van der Waals surface area contributed by atoms with Crippen LogP contribution in [0.2, 0.25) is 0 Å². The summed E-state index contributed by atoms with van der Waals surface area (Å²) in [7, 11) is -3.54. The first-order chi connectivity index (χ1) is 18.6. The molecule has 0 saturated heterocycles. The molecule has 7 nitrogen and oxygen atoms in total. The van der Waals surface area contributed by atoms with Crippen LogP contribution in [0.15, 0.2) is 78.9 Å². The molecule has 0 aliphatic rings. The van der Waals surface area contributed by atoms with E-state index in [4.69, 9.17) is 0 Å². The third-order valence-electron chi connectivity index (χ3n) is 6.53. The maximum absolute atomic E-state index is 13.8. The fourth-order valence-corrected chi connectivity index (χ4v) is 5.53. The average molecular weight is 550 g/mol. The van der Waals surface area contributed by atoms with Crippen LogP contribution in [0.4, 0.5) is 5.69 Å². The van der Waals surface area contributed by atoms with Crippen molar-refractivity contribution in [3.8, 4) is 0 Å². The zero-order valence-electron chi connectivity index (χ0n) is 23.3. The van der Waals surface area contributed by atoms with Gasteiger partial charge in [-0.15, -0.1) is 0 Å². The Hall–Kier alpha value is -3.65. The first-order valence-electron chi connectivity index (χ1n) is 13.3. The molecule has 0 spiro atoms. The van der Waals surface area contributed by atoms with Crippen molar-refractivity contribution < 1.29 is 18.0 Å². The van der Waals surface area contributed by atoms with Gasteiger partial charge in [-0.1, -0.05) is 77.9 Å². The quantitative estimate of drug-likeness (QED) is 0.337. The molecule has 39 heavy (non-hydrogen) atoms. The number of hydrogen-bond donors (Lipinski definition) is 1. The molecule has 3 rings (SSSR count). The molecule has 0 fully saturated rings.